The Morgan fingerprint density at radius 1 is 1.31 bits per heavy atom. The van der Waals surface area contributed by atoms with Crippen molar-refractivity contribution in [2.75, 3.05) is 16.4 Å². The first kappa shape index (κ1) is 18.1. The molecule has 0 saturated carbocycles. The van der Waals surface area contributed by atoms with Gasteiger partial charge in [0.2, 0.25) is 11.8 Å². The zero-order chi connectivity index (χ0) is 18.8. The summed E-state index contributed by atoms with van der Waals surface area (Å²) in [6, 6.07) is 2.54. The highest BCUT2D eigenvalue weighted by atomic mass is 32.2. The molecule has 3 rings (SSSR count). The summed E-state index contributed by atoms with van der Waals surface area (Å²) in [5.41, 5.74) is -0.640. The summed E-state index contributed by atoms with van der Waals surface area (Å²) in [5, 5.41) is 5.14. The van der Waals surface area contributed by atoms with Crippen LogP contribution in [0.15, 0.2) is 28.2 Å². The number of carbonyl (C=O) groups excluding carboxylic acids is 2. The van der Waals surface area contributed by atoms with Gasteiger partial charge in [-0.2, -0.15) is 0 Å². The van der Waals surface area contributed by atoms with E-state index in [4.69, 9.17) is 0 Å². The van der Waals surface area contributed by atoms with E-state index < -0.39 is 34.9 Å². The Kier molecular flexibility index (Phi) is 5.03. The maximum atomic E-state index is 13.3. The molecule has 1 atom stereocenters. The number of hydrogen-bond acceptors (Lipinski definition) is 5. The van der Waals surface area contributed by atoms with E-state index in [0.717, 1.165) is 12.1 Å². The van der Waals surface area contributed by atoms with Crippen LogP contribution in [0.5, 0.6) is 0 Å². The van der Waals surface area contributed by atoms with Crippen LogP contribution in [0.25, 0.3) is 0 Å². The van der Waals surface area contributed by atoms with Crippen LogP contribution in [0.2, 0.25) is 0 Å². The van der Waals surface area contributed by atoms with E-state index in [1.807, 2.05) is 6.92 Å². The molecule has 0 bridgehead atoms. The molecule has 10 heteroatoms. The van der Waals surface area contributed by atoms with Gasteiger partial charge in [0.25, 0.3) is 5.56 Å². The number of anilines is 2. The van der Waals surface area contributed by atoms with Gasteiger partial charge in [0.1, 0.15) is 17.5 Å². The zero-order valence-corrected chi connectivity index (χ0v) is 14.4. The number of thioether (sulfide) groups is 1. The summed E-state index contributed by atoms with van der Waals surface area (Å²) < 4.78 is 26.6. The molecule has 0 radical (unpaired) electrons. The smallest absolute Gasteiger partial charge is 0.257 e. The number of aromatic nitrogens is 2. The van der Waals surface area contributed by atoms with Crippen molar-refractivity contribution in [2.24, 2.45) is 0 Å². The molecule has 26 heavy (non-hydrogen) atoms. The highest BCUT2D eigenvalue weighted by molar-refractivity contribution is 7.99. The van der Waals surface area contributed by atoms with E-state index in [1.165, 1.54) is 11.8 Å². The number of amides is 2. The van der Waals surface area contributed by atoms with Crippen molar-refractivity contribution in [3.05, 3.63) is 45.8 Å². The molecule has 0 spiro atoms. The van der Waals surface area contributed by atoms with E-state index in [1.54, 1.807) is 0 Å². The van der Waals surface area contributed by atoms with Gasteiger partial charge in [-0.15, -0.1) is 0 Å². The Morgan fingerprint density at radius 2 is 2.00 bits per heavy atom. The van der Waals surface area contributed by atoms with Gasteiger partial charge in [0, 0.05) is 18.2 Å². The van der Waals surface area contributed by atoms with Gasteiger partial charge >= 0.3 is 0 Å². The van der Waals surface area contributed by atoms with Crippen LogP contribution in [0, 0.1) is 11.6 Å². The van der Waals surface area contributed by atoms with Crippen LogP contribution >= 0.6 is 11.8 Å². The predicted molar refractivity (Wildman–Crippen MR) is 92.2 cm³/mol. The third-order valence-electron chi connectivity index (χ3n) is 3.66. The van der Waals surface area contributed by atoms with Crippen LogP contribution in [-0.4, -0.2) is 27.5 Å². The lowest BCUT2D eigenvalue weighted by Crippen LogP contribution is -2.36. The Balaban J connectivity index is 1.95. The Morgan fingerprint density at radius 3 is 2.65 bits per heavy atom. The summed E-state index contributed by atoms with van der Waals surface area (Å²) >= 11 is 1.28. The van der Waals surface area contributed by atoms with Crippen molar-refractivity contribution in [1.29, 1.82) is 0 Å². The predicted octanol–water partition coefficient (Wildman–Crippen LogP) is 2.22. The molecular formula is C16H14F2N4O3S. The van der Waals surface area contributed by atoms with Gasteiger partial charge in [-0.05, 0) is 17.9 Å². The van der Waals surface area contributed by atoms with E-state index in [9.17, 15) is 23.2 Å². The van der Waals surface area contributed by atoms with Crippen LogP contribution in [0.3, 0.4) is 0 Å². The molecule has 0 unspecified atom stereocenters. The number of nitrogens with zero attached hydrogens (tertiary/aromatic N) is 1. The lowest BCUT2D eigenvalue weighted by molar-refractivity contribution is -0.123. The molecule has 2 aromatic rings. The average Bonchev–Trinajstić information content (AvgIpc) is 2.52. The Bertz CT molecular complexity index is 927. The van der Waals surface area contributed by atoms with E-state index in [-0.39, 0.29) is 23.5 Å². The number of hydrogen-bond donors (Lipinski definition) is 3. The summed E-state index contributed by atoms with van der Waals surface area (Å²) in [4.78, 5) is 43.6. The van der Waals surface area contributed by atoms with Gasteiger partial charge in [-0.25, -0.2) is 13.8 Å². The number of aromatic amines is 1. The molecule has 0 saturated heterocycles. The third kappa shape index (κ3) is 3.74. The summed E-state index contributed by atoms with van der Waals surface area (Å²) in [7, 11) is 0. The molecule has 0 fully saturated rings. The second-order valence-electron chi connectivity index (χ2n) is 5.52. The summed E-state index contributed by atoms with van der Waals surface area (Å²) in [6.07, 6.45) is -0.276. The molecule has 7 nitrogen and oxygen atoms in total. The number of nitrogens with one attached hydrogen (secondary N) is 3. The van der Waals surface area contributed by atoms with Gasteiger partial charge in [-0.3, -0.25) is 14.4 Å². The van der Waals surface area contributed by atoms with Crippen LogP contribution in [-0.2, 0) is 9.59 Å². The minimum Gasteiger partial charge on any atom is -0.325 e. The molecule has 1 aliphatic rings. The SMILES string of the molecule is CCSc1nc2c(c(=O)[nH]1)[C@H](C(=O)Nc1cc(F)cc(F)c1)CC(=O)N2. The molecule has 1 aromatic carbocycles. The molecular weight excluding hydrogens is 366 g/mol. The molecule has 1 aromatic heterocycles. The first-order valence-electron chi connectivity index (χ1n) is 7.71. The van der Waals surface area contributed by atoms with Crippen molar-refractivity contribution in [1.82, 2.24) is 9.97 Å². The molecule has 136 valence electrons. The van der Waals surface area contributed by atoms with E-state index >= 15 is 0 Å². The number of fused-ring (bicyclic) bond motifs is 1. The first-order chi connectivity index (χ1) is 12.4. The van der Waals surface area contributed by atoms with E-state index in [2.05, 4.69) is 20.6 Å². The second kappa shape index (κ2) is 7.24. The number of benzene rings is 1. The topological polar surface area (TPSA) is 104 Å². The van der Waals surface area contributed by atoms with Crippen molar-refractivity contribution < 1.29 is 18.4 Å². The quantitative estimate of drug-likeness (QED) is 0.557. The van der Waals surface area contributed by atoms with Crippen LogP contribution < -0.4 is 16.2 Å². The van der Waals surface area contributed by atoms with Crippen molar-refractivity contribution in [3.8, 4) is 0 Å². The number of rotatable bonds is 4. The van der Waals surface area contributed by atoms with Crippen molar-refractivity contribution >= 4 is 35.1 Å². The summed E-state index contributed by atoms with van der Waals surface area (Å²) in [5.74, 6) is -3.37. The van der Waals surface area contributed by atoms with E-state index in [0.29, 0.717) is 17.0 Å². The maximum absolute atomic E-state index is 13.3. The Labute approximate surface area is 150 Å². The lowest BCUT2D eigenvalue weighted by atomic mass is 9.92. The van der Waals surface area contributed by atoms with Gasteiger partial charge in [0.05, 0.1) is 11.5 Å². The highest BCUT2D eigenvalue weighted by Gasteiger charge is 2.34. The molecule has 2 heterocycles. The van der Waals surface area contributed by atoms with Crippen LogP contribution in [0.1, 0.15) is 24.8 Å². The standard InChI is InChI=1S/C16H14F2N4O3S/c1-2-26-16-21-13-12(15(25)22-16)10(6-11(23)20-13)14(24)19-9-4-7(17)3-8(18)5-9/h3-5,10H,2,6H2,1H3,(H,19,24)(H2,20,21,22,23,25)/t10-/m1/s1. The van der Waals surface area contributed by atoms with Crippen molar-refractivity contribution in [2.45, 2.75) is 24.4 Å². The molecule has 2 amide bonds. The molecule has 0 aliphatic carbocycles. The molecule has 3 N–H and O–H groups in total. The average molecular weight is 380 g/mol. The first-order valence-corrected chi connectivity index (χ1v) is 8.69. The maximum Gasteiger partial charge on any atom is 0.257 e. The fourth-order valence-electron chi connectivity index (χ4n) is 2.64. The summed E-state index contributed by atoms with van der Waals surface area (Å²) in [6.45, 7) is 1.87. The van der Waals surface area contributed by atoms with Crippen molar-refractivity contribution in [3.63, 3.8) is 0 Å². The Hall–Kier alpha value is -2.75. The fraction of sp³-hybridized carbons (Fsp3) is 0.250. The van der Waals surface area contributed by atoms with Crippen LogP contribution in [0.4, 0.5) is 20.3 Å². The van der Waals surface area contributed by atoms with Gasteiger partial charge < -0.3 is 15.6 Å². The number of carbonyl (C=O) groups is 2. The second-order valence-corrected chi connectivity index (χ2v) is 6.77. The van der Waals surface area contributed by atoms with Gasteiger partial charge in [-0.1, -0.05) is 18.7 Å². The number of H-pyrrole nitrogens is 1. The highest BCUT2D eigenvalue weighted by Crippen LogP contribution is 2.30. The largest absolute Gasteiger partial charge is 0.325 e. The lowest BCUT2D eigenvalue weighted by Gasteiger charge is -2.23. The minimum atomic E-state index is -1.12. The monoisotopic (exact) mass is 380 g/mol. The normalized spacial score (nSPS) is 16.0. The fourth-order valence-corrected chi connectivity index (χ4v) is 3.23. The number of halogens is 2. The third-order valence-corrected chi connectivity index (χ3v) is 4.41. The van der Waals surface area contributed by atoms with Gasteiger partial charge in [0.15, 0.2) is 5.16 Å². The molecule has 1 aliphatic heterocycles. The minimum absolute atomic E-state index is 0.0134. The zero-order valence-electron chi connectivity index (χ0n) is 13.6.